The fourth-order valence-electron chi connectivity index (χ4n) is 4.36. The minimum absolute atomic E-state index is 0.227. The Kier molecular flexibility index (Phi) is 4.25. The average molecular weight is 357 g/mol. The first kappa shape index (κ1) is 17.1. The molecule has 0 spiro atoms. The first-order valence-corrected chi connectivity index (χ1v) is 9.74. The van der Waals surface area contributed by atoms with Crippen LogP contribution in [0.25, 0.3) is 16.9 Å². The molecule has 1 aliphatic carbocycles. The second kappa shape index (κ2) is 6.45. The SMILES string of the molecule is CCCCCn1c(=O)c2c(nc3n(C4CCCC4)c(C)cn23)n(C)c1=O. The van der Waals surface area contributed by atoms with Gasteiger partial charge in [0.15, 0.2) is 11.2 Å². The van der Waals surface area contributed by atoms with Crippen molar-refractivity contribution >= 4 is 16.9 Å². The Balaban J connectivity index is 1.96. The van der Waals surface area contributed by atoms with Gasteiger partial charge < -0.3 is 4.57 Å². The van der Waals surface area contributed by atoms with E-state index in [1.54, 1.807) is 7.05 Å². The van der Waals surface area contributed by atoms with Crippen LogP contribution in [0.4, 0.5) is 0 Å². The van der Waals surface area contributed by atoms with Gasteiger partial charge >= 0.3 is 5.69 Å². The Morgan fingerprint density at radius 3 is 2.62 bits per heavy atom. The highest BCUT2D eigenvalue weighted by atomic mass is 16.2. The van der Waals surface area contributed by atoms with Gasteiger partial charge in [0, 0.05) is 31.5 Å². The van der Waals surface area contributed by atoms with Gasteiger partial charge in [-0.05, 0) is 26.2 Å². The van der Waals surface area contributed by atoms with E-state index in [2.05, 4.69) is 18.4 Å². The van der Waals surface area contributed by atoms with Gasteiger partial charge in [-0.1, -0.05) is 32.6 Å². The minimum Gasteiger partial charge on any atom is -0.311 e. The second-order valence-electron chi connectivity index (χ2n) is 7.54. The molecular weight excluding hydrogens is 330 g/mol. The highest BCUT2D eigenvalue weighted by molar-refractivity contribution is 5.75. The van der Waals surface area contributed by atoms with Crippen LogP contribution in [0.2, 0.25) is 0 Å². The Bertz CT molecular complexity index is 1080. The van der Waals surface area contributed by atoms with E-state index in [0.717, 1.165) is 43.6 Å². The number of aromatic nitrogens is 5. The summed E-state index contributed by atoms with van der Waals surface area (Å²) in [7, 11) is 1.71. The average Bonchev–Trinajstić information content (AvgIpc) is 3.31. The summed E-state index contributed by atoms with van der Waals surface area (Å²) < 4.78 is 7.03. The zero-order chi connectivity index (χ0) is 18.4. The number of hydrogen-bond acceptors (Lipinski definition) is 3. The third-order valence-electron chi connectivity index (χ3n) is 5.74. The van der Waals surface area contributed by atoms with E-state index in [0.29, 0.717) is 23.8 Å². The van der Waals surface area contributed by atoms with Crippen molar-refractivity contribution in [3.63, 3.8) is 0 Å². The maximum atomic E-state index is 13.1. The predicted molar refractivity (Wildman–Crippen MR) is 102 cm³/mol. The van der Waals surface area contributed by atoms with Gasteiger partial charge in [-0.3, -0.25) is 18.3 Å². The van der Waals surface area contributed by atoms with Crippen LogP contribution >= 0.6 is 0 Å². The lowest BCUT2D eigenvalue weighted by atomic mass is 10.2. The van der Waals surface area contributed by atoms with Crippen LogP contribution < -0.4 is 11.2 Å². The van der Waals surface area contributed by atoms with Gasteiger partial charge in [0.05, 0.1) is 0 Å². The summed E-state index contributed by atoms with van der Waals surface area (Å²) in [6.07, 6.45) is 9.65. The van der Waals surface area contributed by atoms with Crippen molar-refractivity contribution in [2.75, 3.05) is 0 Å². The molecule has 3 aromatic rings. The number of nitrogens with zero attached hydrogens (tertiary/aromatic N) is 5. The molecule has 1 fully saturated rings. The molecule has 7 heteroatoms. The fraction of sp³-hybridized carbons (Fsp3) is 0.632. The van der Waals surface area contributed by atoms with Crippen molar-refractivity contribution < 1.29 is 0 Å². The van der Waals surface area contributed by atoms with Crippen LogP contribution in [0.15, 0.2) is 15.8 Å². The molecule has 3 aromatic heterocycles. The molecule has 1 aliphatic rings. The molecule has 26 heavy (non-hydrogen) atoms. The lowest BCUT2D eigenvalue weighted by molar-refractivity contribution is 0.520. The van der Waals surface area contributed by atoms with Crippen molar-refractivity contribution in [3.05, 3.63) is 32.7 Å². The summed E-state index contributed by atoms with van der Waals surface area (Å²) in [5, 5.41) is 0. The third-order valence-corrected chi connectivity index (χ3v) is 5.74. The van der Waals surface area contributed by atoms with Crippen LogP contribution in [0, 0.1) is 6.92 Å². The van der Waals surface area contributed by atoms with E-state index in [9.17, 15) is 9.59 Å². The molecule has 0 N–H and O–H groups in total. The summed E-state index contributed by atoms with van der Waals surface area (Å²) in [6, 6.07) is 0.438. The fourth-order valence-corrected chi connectivity index (χ4v) is 4.36. The molecule has 0 saturated heterocycles. The first-order chi connectivity index (χ1) is 12.5. The molecule has 1 saturated carbocycles. The number of fused-ring (bicyclic) bond motifs is 3. The second-order valence-corrected chi connectivity index (χ2v) is 7.54. The van der Waals surface area contributed by atoms with E-state index < -0.39 is 0 Å². The quantitative estimate of drug-likeness (QED) is 0.660. The highest BCUT2D eigenvalue weighted by Gasteiger charge is 2.25. The van der Waals surface area contributed by atoms with Gasteiger partial charge in [-0.2, -0.15) is 4.98 Å². The molecule has 0 aromatic carbocycles. The van der Waals surface area contributed by atoms with Crippen molar-refractivity contribution in [3.8, 4) is 0 Å². The highest BCUT2D eigenvalue weighted by Crippen LogP contribution is 2.32. The van der Waals surface area contributed by atoms with E-state index in [1.807, 2.05) is 10.6 Å². The number of unbranched alkanes of at least 4 members (excludes halogenated alkanes) is 2. The smallest absolute Gasteiger partial charge is 0.311 e. The summed E-state index contributed by atoms with van der Waals surface area (Å²) in [5.41, 5.74) is 1.61. The Labute approximate surface area is 151 Å². The molecule has 140 valence electrons. The van der Waals surface area contributed by atoms with Gasteiger partial charge in [-0.15, -0.1) is 0 Å². The summed E-state index contributed by atoms with van der Waals surface area (Å²) in [4.78, 5) is 30.5. The van der Waals surface area contributed by atoms with Crippen molar-refractivity contribution in [1.82, 2.24) is 23.1 Å². The third kappa shape index (κ3) is 2.44. The minimum atomic E-state index is -0.275. The van der Waals surface area contributed by atoms with Crippen LogP contribution in [-0.4, -0.2) is 23.1 Å². The molecule has 0 bridgehead atoms. The first-order valence-electron chi connectivity index (χ1n) is 9.74. The Morgan fingerprint density at radius 2 is 1.92 bits per heavy atom. The summed E-state index contributed by atoms with van der Waals surface area (Å²) >= 11 is 0. The van der Waals surface area contributed by atoms with E-state index >= 15 is 0 Å². The van der Waals surface area contributed by atoms with Crippen LogP contribution in [0.5, 0.6) is 0 Å². The van der Waals surface area contributed by atoms with Gasteiger partial charge in [0.25, 0.3) is 5.56 Å². The Morgan fingerprint density at radius 1 is 1.19 bits per heavy atom. The van der Waals surface area contributed by atoms with Gasteiger partial charge in [0.1, 0.15) is 0 Å². The molecule has 4 rings (SSSR count). The molecular formula is C19H27N5O2. The van der Waals surface area contributed by atoms with Crippen LogP contribution in [-0.2, 0) is 13.6 Å². The van der Waals surface area contributed by atoms with E-state index in [4.69, 9.17) is 4.98 Å². The van der Waals surface area contributed by atoms with Crippen LogP contribution in [0.3, 0.4) is 0 Å². The summed E-state index contributed by atoms with van der Waals surface area (Å²) in [6.45, 7) is 4.64. The normalized spacial score (nSPS) is 15.7. The number of imidazole rings is 2. The van der Waals surface area contributed by atoms with Crippen molar-refractivity contribution in [2.45, 2.75) is 71.4 Å². The lowest BCUT2D eigenvalue weighted by Crippen LogP contribution is -2.39. The molecule has 0 amide bonds. The van der Waals surface area contributed by atoms with Gasteiger partial charge in [0.2, 0.25) is 5.78 Å². The van der Waals surface area contributed by atoms with Gasteiger partial charge in [-0.25, -0.2) is 4.79 Å². The predicted octanol–water partition coefficient (Wildman–Crippen LogP) is 2.76. The molecule has 0 atom stereocenters. The van der Waals surface area contributed by atoms with Crippen molar-refractivity contribution in [1.29, 1.82) is 0 Å². The maximum Gasteiger partial charge on any atom is 0.332 e. The molecule has 7 nitrogen and oxygen atoms in total. The molecule has 0 aliphatic heterocycles. The molecule has 0 radical (unpaired) electrons. The molecule has 3 heterocycles. The Hall–Kier alpha value is -2.31. The molecule has 0 unspecified atom stereocenters. The maximum absolute atomic E-state index is 13.1. The number of hydrogen-bond donors (Lipinski definition) is 0. The zero-order valence-electron chi connectivity index (χ0n) is 15.9. The summed E-state index contributed by atoms with van der Waals surface area (Å²) in [5.74, 6) is 0.780. The zero-order valence-corrected chi connectivity index (χ0v) is 15.9. The monoisotopic (exact) mass is 357 g/mol. The van der Waals surface area contributed by atoms with Crippen LogP contribution in [0.1, 0.15) is 63.6 Å². The largest absolute Gasteiger partial charge is 0.332 e. The lowest BCUT2D eigenvalue weighted by Gasteiger charge is -2.13. The van der Waals surface area contributed by atoms with E-state index in [1.165, 1.54) is 22.0 Å². The topological polar surface area (TPSA) is 66.2 Å². The van der Waals surface area contributed by atoms with E-state index in [-0.39, 0.29) is 11.2 Å². The number of aryl methyl sites for hydroxylation is 2. The van der Waals surface area contributed by atoms with Crippen molar-refractivity contribution in [2.24, 2.45) is 7.05 Å². The number of rotatable bonds is 5. The standard InChI is InChI=1S/C19H27N5O2/c1-4-5-8-11-22-17(25)15-16(21(3)19(22)26)20-18-23(15)12-13(2)24(18)14-9-6-7-10-14/h12,14H,4-11H2,1-3H3.